The molecule has 0 heterocycles. The summed E-state index contributed by atoms with van der Waals surface area (Å²) in [4.78, 5) is 10.7. The van der Waals surface area contributed by atoms with Crippen molar-refractivity contribution in [1.29, 1.82) is 0 Å². The molecule has 1 saturated carbocycles. The number of hydrogen-bond acceptors (Lipinski definition) is 1. The molecule has 0 spiro atoms. The Kier molecular flexibility index (Phi) is 4.05. The predicted octanol–water partition coefficient (Wildman–Crippen LogP) is 4.17. The van der Waals surface area contributed by atoms with Gasteiger partial charge in [0.25, 0.3) is 0 Å². The lowest BCUT2D eigenvalue weighted by atomic mass is 9.93. The topological polar surface area (TPSA) is 37.3 Å². The van der Waals surface area contributed by atoms with Gasteiger partial charge in [0, 0.05) is 6.42 Å². The summed E-state index contributed by atoms with van der Waals surface area (Å²) in [6.07, 6.45) is 3.57. The van der Waals surface area contributed by atoms with Crippen molar-refractivity contribution in [2.45, 2.75) is 51.4 Å². The summed E-state index contributed by atoms with van der Waals surface area (Å²) >= 11 is 0. The van der Waals surface area contributed by atoms with E-state index in [4.69, 9.17) is 5.11 Å². The molecule has 98 valence electrons. The second-order valence-electron chi connectivity index (χ2n) is 5.80. The molecule has 1 aromatic carbocycles. The summed E-state index contributed by atoms with van der Waals surface area (Å²) < 4.78 is 0. The van der Waals surface area contributed by atoms with Gasteiger partial charge >= 0.3 is 5.97 Å². The lowest BCUT2D eigenvalue weighted by Gasteiger charge is -2.12. The van der Waals surface area contributed by atoms with E-state index in [9.17, 15) is 4.79 Å². The number of hydrogen-bond donors (Lipinski definition) is 1. The molecule has 1 aliphatic carbocycles. The first kappa shape index (κ1) is 13.1. The molecular formula is C16H22O2. The highest BCUT2D eigenvalue weighted by molar-refractivity contribution is 5.67. The fourth-order valence-corrected chi connectivity index (χ4v) is 2.96. The van der Waals surface area contributed by atoms with Crippen LogP contribution >= 0.6 is 0 Å². The van der Waals surface area contributed by atoms with Crippen molar-refractivity contribution in [1.82, 2.24) is 0 Å². The van der Waals surface area contributed by atoms with E-state index in [0.717, 1.165) is 19.3 Å². The molecule has 2 rings (SSSR count). The zero-order valence-electron chi connectivity index (χ0n) is 11.2. The van der Waals surface area contributed by atoms with Gasteiger partial charge in [-0.15, -0.1) is 0 Å². The first-order valence-corrected chi connectivity index (χ1v) is 6.88. The molecule has 0 amide bonds. The van der Waals surface area contributed by atoms with Gasteiger partial charge in [-0.3, -0.25) is 4.79 Å². The molecule has 0 bridgehead atoms. The maximum Gasteiger partial charge on any atom is 0.303 e. The maximum atomic E-state index is 10.7. The zero-order valence-corrected chi connectivity index (χ0v) is 11.2. The van der Waals surface area contributed by atoms with Crippen molar-refractivity contribution in [3.63, 3.8) is 0 Å². The van der Waals surface area contributed by atoms with Gasteiger partial charge in [0.05, 0.1) is 0 Å². The molecule has 1 aromatic rings. The van der Waals surface area contributed by atoms with E-state index in [1.165, 1.54) is 11.1 Å². The molecule has 2 unspecified atom stereocenters. The molecule has 0 radical (unpaired) electrons. The summed E-state index contributed by atoms with van der Waals surface area (Å²) in [6.45, 7) is 4.40. The van der Waals surface area contributed by atoms with Crippen molar-refractivity contribution in [2.24, 2.45) is 5.92 Å². The van der Waals surface area contributed by atoms with Gasteiger partial charge in [0.1, 0.15) is 0 Å². The Balaban J connectivity index is 1.98. The van der Waals surface area contributed by atoms with Crippen LogP contribution in [0.25, 0.3) is 0 Å². The summed E-state index contributed by atoms with van der Waals surface area (Å²) in [6, 6.07) is 8.88. The van der Waals surface area contributed by atoms with Crippen LogP contribution in [0.4, 0.5) is 0 Å². The van der Waals surface area contributed by atoms with Gasteiger partial charge in [0.15, 0.2) is 0 Å². The molecule has 1 fully saturated rings. The van der Waals surface area contributed by atoms with Crippen molar-refractivity contribution in [2.75, 3.05) is 0 Å². The van der Waals surface area contributed by atoms with E-state index in [2.05, 4.69) is 38.1 Å². The van der Waals surface area contributed by atoms with Crippen LogP contribution in [0.15, 0.2) is 24.3 Å². The SMILES string of the molecule is CC(C)c1ccc(C2CCC(CC(=O)O)C2)cc1. The summed E-state index contributed by atoms with van der Waals surface area (Å²) in [5.41, 5.74) is 2.76. The highest BCUT2D eigenvalue weighted by atomic mass is 16.4. The smallest absolute Gasteiger partial charge is 0.303 e. The van der Waals surface area contributed by atoms with Crippen LogP contribution in [-0.2, 0) is 4.79 Å². The molecule has 1 aliphatic rings. The molecule has 2 nitrogen and oxygen atoms in total. The van der Waals surface area contributed by atoms with Crippen LogP contribution in [0.5, 0.6) is 0 Å². The van der Waals surface area contributed by atoms with Crippen LogP contribution in [0.3, 0.4) is 0 Å². The van der Waals surface area contributed by atoms with E-state index in [0.29, 0.717) is 24.2 Å². The Labute approximate surface area is 109 Å². The fourth-order valence-electron chi connectivity index (χ4n) is 2.96. The number of carboxylic acids is 1. The Morgan fingerprint density at radius 2 is 1.94 bits per heavy atom. The third-order valence-electron chi connectivity index (χ3n) is 4.08. The second-order valence-corrected chi connectivity index (χ2v) is 5.80. The summed E-state index contributed by atoms with van der Waals surface area (Å²) in [5.74, 6) is 0.853. The van der Waals surface area contributed by atoms with Crippen LogP contribution in [0.2, 0.25) is 0 Å². The van der Waals surface area contributed by atoms with Crippen molar-refractivity contribution >= 4 is 5.97 Å². The molecule has 2 heteroatoms. The summed E-state index contributed by atoms with van der Waals surface area (Å²) in [7, 11) is 0. The van der Waals surface area contributed by atoms with Gasteiger partial charge < -0.3 is 5.11 Å². The average Bonchev–Trinajstić information content (AvgIpc) is 2.76. The standard InChI is InChI=1S/C16H22O2/c1-11(2)13-5-7-14(8-6-13)15-4-3-12(9-15)10-16(17)18/h5-8,11-12,15H,3-4,9-10H2,1-2H3,(H,17,18). The van der Waals surface area contributed by atoms with Gasteiger partial charge in [-0.2, -0.15) is 0 Å². The Hall–Kier alpha value is -1.31. The van der Waals surface area contributed by atoms with E-state index in [1.807, 2.05) is 0 Å². The van der Waals surface area contributed by atoms with Crippen LogP contribution < -0.4 is 0 Å². The van der Waals surface area contributed by atoms with E-state index in [1.54, 1.807) is 0 Å². The average molecular weight is 246 g/mol. The second kappa shape index (κ2) is 5.55. The summed E-state index contributed by atoms with van der Waals surface area (Å²) in [5, 5.41) is 8.83. The van der Waals surface area contributed by atoms with Gasteiger partial charge in [-0.25, -0.2) is 0 Å². The minimum atomic E-state index is -0.657. The quantitative estimate of drug-likeness (QED) is 0.865. The molecule has 0 saturated heterocycles. The third kappa shape index (κ3) is 3.12. The largest absolute Gasteiger partial charge is 0.481 e. The zero-order chi connectivity index (χ0) is 13.1. The molecule has 18 heavy (non-hydrogen) atoms. The molecule has 1 N–H and O–H groups in total. The highest BCUT2D eigenvalue weighted by Crippen LogP contribution is 2.39. The number of carbonyl (C=O) groups is 1. The normalized spacial score (nSPS) is 23.5. The van der Waals surface area contributed by atoms with E-state index >= 15 is 0 Å². The number of benzene rings is 1. The number of carboxylic acid groups (broad SMARTS) is 1. The number of rotatable bonds is 4. The Bertz CT molecular complexity index is 406. The van der Waals surface area contributed by atoms with Crippen molar-refractivity contribution in [3.05, 3.63) is 35.4 Å². The first-order valence-electron chi connectivity index (χ1n) is 6.88. The van der Waals surface area contributed by atoms with E-state index < -0.39 is 5.97 Å². The van der Waals surface area contributed by atoms with Crippen LogP contribution in [0.1, 0.15) is 62.5 Å². The predicted molar refractivity (Wildman–Crippen MR) is 72.9 cm³/mol. The minimum Gasteiger partial charge on any atom is -0.481 e. The van der Waals surface area contributed by atoms with Crippen molar-refractivity contribution in [3.8, 4) is 0 Å². The van der Waals surface area contributed by atoms with Gasteiger partial charge in [0.2, 0.25) is 0 Å². The monoisotopic (exact) mass is 246 g/mol. The minimum absolute atomic E-state index is 0.334. The van der Waals surface area contributed by atoms with Crippen LogP contribution in [0, 0.1) is 5.92 Å². The van der Waals surface area contributed by atoms with E-state index in [-0.39, 0.29) is 0 Å². The fraction of sp³-hybridized carbons (Fsp3) is 0.562. The molecular weight excluding hydrogens is 224 g/mol. The Morgan fingerprint density at radius 1 is 1.28 bits per heavy atom. The first-order chi connectivity index (χ1) is 8.56. The van der Waals surface area contributed by atoms with Crippen molar-refractivity contribution < 1.29 is 9.90 Å². The van der Waals surface area contributed by atoms with Gasteiger partial charge in [-0.1, -0.05) is 38.1 Å². The lowest BCUT2D eigenvalue weighted by Crippen LogP contribution is -2.04. The molecule has 0 aliphatic heterocycles. The van der Waals surface area contributed by atoms with Gasteiger partial charge in [-0.05, 0) is 48.1 Å². The molecule has 0 aromatic heterocycles. The van der Waals surface area contributed by atoms with Crippen LogP contribution in [-0.4, -0.2) is 11.1 Å². The highest BCUT2D eigenvalue weighted by Gasteiger charge is 2.27. The Morgan fingerprint density at radius 3 is 2.50 bits per heavy atom. The number of aliphatic carboxylic acids is 1. The maximum absolute atomic E-state index is 10.7. The molecule has 2 atom stereocenters. The third-order valence-corrected chi connectivity index (χ3v) is 4.08. The lowest BCUT2D eigenvalue weighted by molar-refractivity contribution is -0.138.